The predicted octanol–water partition coefficient (Wildman–Crippen LogP) is 2.12. The second kappa shape index (κ2) is 6.52. The van der Waals surface area contributed by atoms with Crippen molar-refractivity contribution < 1.29 is 0 Å². The molecule has 5 nitrogen and oxygen atoms in total. The molecule has 0 fully saturated rings. The summed E-state index contributed by atoms with van der Waals surface area (Å²) < 4.78 is 4.14. The number of rotatable bonds is 7. The molecule has 104 valence electrons. The van der Waals surface area contributed by atoms with Crippen LogP contribution in [-0.4, -0.2) is 25.9 Å². The number of aryl methyl sites for hydroxylation is 2. The number of nitrogens with zero attached hydrogens (tertiary/aromatic N) is 4. The van der Waals surface area contributed by atoms with Gasteiger partial charge in [-0.05, 0) is 25.5 Å². The molecule has 1 atom stereocenters. The first kappa shape index (κ1) is 13.8. The molecule has 2 aromatic rings. The zero-order valence-corrected chi connectivity index (χ0v) is 12.0. The number of nitrogens with one attached hydrogen (secondary N) is 1. The van der Waals surface area contributed by atoms with Crippen LogP contribution in [0.5, 0.6) is 0 Å². The third-order valence-corrected chi connectivity index (χ3v) is 3.22. The molecule has 0 aromatic carbocycles. The van der Waals surface area contributed by atoms with Crippen molar-refractivity contribution in [2.45, 2.75) is 39.3 Å². The zero-order valence-electron chi connectivity index (χ0n) is 12.0. The van der Waals surface area contributed by atoms with Crippen LogP contribution in [0.3, 0.4) is 0 Å². The Morgan fingerprint density at radius 2 is 2.11 bits per heavy atom. The summed E-state index contributed by atoms with van der Waals surface area (Å²) >= 11 is 0. The van der Waals surface area contributed by atoms with Gasteiger partial charge in [0.15, 0.2) is 0 Å². The number of hydrogen-bond donors (Lipinski definition) is 1. The minimum atomic E-state index is 0.106. The van der Waals surface area contributed by atoms with Crippen LogP contribution in [0.15, 0.2) is 24.7 Å². The van der Waals surface area contributed by atoms with E-state index < -0.39 is 0 Å². The minimum Gasteiger partial charge on any atom is -0.333 e. The summed E-state index contributed by atoms with van der Waals surface area (Å²) in [6, 6.07) is 2.16. The summed E-state index contributed by atoms with van der Waals surface area (Å²) in [7, 11) is 1.98. The van der Waals surface area contributed by atoms with Gasteiger partial charge >= 0.3 is 0 Å². The van der Waals surface area contributed by atoms with E-state index in [-0.39, 0.29) is 6.04 Å². The Labute approximate surface area is 114 Å². The number of hydrogen-bond acceptors (Lipinski definition) is 3. The smallest absolute Gasteiger partial charge is 0.132 e. The predicted molar refractivity (Wildman–Crippen MR) is 75.9 cm³/mol. The van der Waals surface area contributed by atoms with Gasteiger partial charge in [0, 0.05) is 32.2 Å². The van der Waals surface area contributed by atoms with Gasteiger partial charge in [0.1, 0.15) is 11.9 Å². The molecule has 0 amide bonds. The monoisotopic (exact) mass is 261 g/mol. The van der Waals surface area contributed by atoms with E-state index in [9.17, 15) is 0 Å². The van der Waals surface area contributed by atoms with Crippen molar-refractivity contribution in [1.29, 1.82) is 0 Å². The van der Waals surface area contributed by atoms with Gasteiger partial charge in [0.25, 0.3) is 0 Å². The fourth-order valence-corrected chi connectivity index (χ4v) is 2.30. The van der Waals surface area contributed by atoms with Crippen molar-refractivity contribution in [3.8, 4) is 0 Å². The Kier molecular flexibility index (Phi) is 4.74. The van der Waals surface area contributed by atoms with Crippen LogP contribution >= 0.6 is 0 Å². The highest BCUT2D eigenvalue weighted by molar-refractivity contribution is 5.17. The van der Waals surface area contributed by atoms with Crippen LogP contribution < -0.4 is 5.32 Å². The van der Waals surface area contributed by atoms with E-state index in [4.69, 9.17) is 0 Å². The molecule has 19 heavy (non-hydrogen) atoms. The average molecular weight is 261 g/mol. The maximum absolute atomic E-state index is 4.54. The quantitative estimate of drug-likeness (QED) is 0.830. The van der Waals surface area contributed by atoms with E-state index in [0.717, 1.165) is 37.4 Å². The summed E-state index contributed by atoms with van der Waals surface area (Å²) in [5.74, 6) is 1.07. The first-order chi connectivity index (χ1) is 9.27. The average Bonchev–Trinajstić information content (AvgIpc) is 3.01. The Morgan fingerprint density at radius 1 is 1.26 bits per heavy atom. The van der Waals surface area contributed by atoms with Gasteiger partial charge in [-0.2, -0.15) is 5.10 Å². The lowest BCUT2D eigenvalue weighted by atomic mass is 10.2. The van der Waals surface area contributed by atoms with E-state index in [1.807, 2.05) is 24.1 Å². The molecular weight excluding hydrogens is 238 g/mol. The molecule has 2 rings (SSSR count). The third kappa shape index (κ3) is 3.04. The van der Waals surface area contributed by atoms with Crippen molar-refractivity contribution in [3.05, 3.63) is 36.2 Å². The van der Waals surface area contributed by atoms with Crippen molar-refractivity contribution in [1.82, 2.24) is 24.6 Å². The summed E-state index contributed by atoms with van der Waals surface area (Å²) in [6.07, 6.45) is 7.97. The second-order valence-electron chi connectivity index (χ2n) is 4.75. The van der Waals surface area contributed by atoms with Crippen molar-refractivity contribution in [2.24, 2.45) is 7.05 Å². The Hall–Kier alpha value is -1.62. The van der Waals surface area contributed by atoms with Crippen LogP contribution in [0.1, 0.15) is 44.2 Å². The van der Waals surface area contributed by atoms with Crippen LogP contribution in [0, 0.1) is 0 Å². The molecule has 5 heteroatoms. The normalized spacial score (nSPS) is 12.8. The molecule has 0 aliphatic heterocycles. The molecule has 1 unspecified atom stereocenters. The Balaban J connectivity index is 2.31. The first-order valence-electron chi connectivity index (χ1n) is 7.00. The fourth-order valence-electron chi connectivity index (χ4n) is 2.30. The molecule has 2 aromatic heterocycles. The van der Waals surface area contributed by atoms with Gasteiger partial charge in [-0.1, -0.05) is 13.8 Å². The fraction of sp³-hybridized carbons (Fsp3) is 0.571. The Morgan fingerprint density at radius 3 is 2.74 bits per heavy atom. The van der Waals surface area contributed by atoms with E-state index in [0.29, 0.717) is 0 Å². The van der Waals surface area contributed by atoms with Gasteiger partial charge in [-0.15, -0.1) is 0 Å². The van der Waals surface area contributed by atoms with E-state index in [2.05, 4.69) is 46.1 Å². The lowest BCUT2D eigenvalue weighted by Gasteiger charge is -2.19. The summed E-state index contributed by atoms with van der Waals surface area (Å²) in [6.45, 7) is 6.32. The lowest BCUT2D eigenvalue weighted by molar-refractivity contribution is 0.502. The van der Waals surface area contributed by atoms with Gasteiger partial charge in [0.2, 0.25) is 0 Å². The lowest BCUT2D eigenvalue weighted by Crippen LogP contribution is -2.28. The minimum absolute atomic E-state index is 0.106. The highest BCUT2D eigenvalue weighted by Crippen LogP contribution is 2.20. The van der Waals surface area contributed by atoms with Gasteiger partial charge in [-0.25, -0.2) is 4.98 Å². The number of aromatic nitrogens is 4. The highest BCUT2D eigenvalue weighted by Gasteiger charge is 2.20. The maximum Gasteiger partial charge on any atom is 0.132 e. The van der Waals surface area contributed by atoms with Crippen molar-refractivity contribution >= 4 is 0 Å². The molecule has 0 radical (unpaired) electrons. The summed E-state index contributed by atoms with van der Waals surface area (Å²) in [4.78, 5) is 4.54. The molecule has 0 saturated heterocycles. The number of imidazole rings is 1. The zero-order chi connectivity index (χ0) is 13.7. The Bertz CT molecular complexity index is 499. The second-order valence-corrected chi connectivity index (χ2v) is 4.75. The van der Waals surface area contributed by atoms with Gasteiger partial charge < -0.3 is 9.88 Å². The first-order valence-corrected chi connectivity index (χ1v) is 7.00. The van der Waals surface area contributed by atoms with Crippen LogP contribution in [0.2, 0.25) is 0 Å². The van der Waals surface area contributed by atoms with Crippen molar-refractivity contribution in [3.63, 3.8) is 0 Å². The van der Waals surface area contributed by atoms with Gasteiger partial charge in [-0.3, -0.25) is 4.68 Å². The van der Waals surface area contributed by atoms with Crippen LogP contribution in [-0.2, 0) is 13.6 Å². The highest BCUT2D eigenvalue weighted by atomic mass is 15.3. The molecule has 2 heterocycles. The van der Waals surface area contributed by atoms with Gasteiger partial charge in [0.05, 0.1) is 5.69 Å². The molecule has 0 bridgehead atoms. The largest absolute Gasteiger partial charge is 0.333 e. The maximum atomic E-state index is 4.54. The molecule has 1 N–H and O–H groups in total. The van der Waals surface area contributed by atoms with E-state index in [1.165, 1.54) is 0 Å². The third-order valence-electron chi connectivity index (χ3n) is 3.22. The molecular formula is C14H23N5. The molecule has 0 aliphatic rings. The SMILES string of the molecule is CCCNC(c1nccn1CCC)c1ccnn1C. The summed E-state index contributed by atoms with van der Waals surface area (Å²) in [5, 5.41) is 7.84. The van der Waals surface area contributed by atoms with E-state index >= 15 is 0 Å². The van der Waals surface area contributed by atoms with Crippen LogP contribution in [0.4, 0.5) is 0 Å². The summed E-state index contributed by atoms with van der Waals surface area (Å²) in [5.41, 5.74) is 1.15. The topological polar surface area (TPSA) is 47.7 Å². The standard InChI is InChI=1S/C14H23N5/c1-4-7-15-13(12-6-8-17-18(12)3)14-16-9-11-19(14)10-5-2/h6,8-9,11,13,15H,4-5,7,10H2,1-3H3. The molecule has 0 saturated carbocycles. The molecule has 0 aliphatic carbocycles. The van der Waals surface area contributed by atoms with Crippen LogP contribution in [0.25, 0.3) is 0 Å². The van der Waals surface area contributed by atoms with Crippen molar-refractivity contribution in [2.75, 3.05) is 6.54 Å². The molecule has 0 spiro atoms. The van der Waals surface area contributed by atoms with E-state index in [1.54, 1.807) is 0 Å².